The summed E-state index contributed by atoms with van der Waals surface area (Å²) >= 11 is 0. The Bertz CT molecular complexity index is 820. The summed E-state index contributed by atoms with van der Waals surface area (Å²) in [6, 6.07) is 14.3. The van der Waals surface area contributed by atoms with E-state index in [-0.39, 0.29) is 30.1 Å². The van der Waals surface area contributed by atoms with E-state index in [4.69, 9.17) is 10.5 Å². The summed E-state index contributed by atoms with van der Waals surface area (Å²) in [6.45, 7) is 3.67. The van der Waals surface area contributed by atoms with Gasteiger partial charge in [-0.2, -0.15) is 0 Å². The Morgan fingerprint density at radius 3 is 2.52 bits per heavy atom. The molecule has 29 heavy (non-hydrogen) atoms. The summed E-state index contributed by atoms with van der Waals surface area (Å²) in [5, 5.41) is 5.79. The molecule has 2 aromatic carbocycles. The van der Waals surface area contributed by atoms with E-state index >= 15 is 0 Å². The zero-order valence-corrected chi connectivity index (χ0v) is 17.3. The first-order valence-corrected chi connectivity index (χ1v) is 9.61. The minimum atomic E-state index is -0.520. The van der Waals surface area contributed by atoms with Crippen LogP contribution in [0.2, 0.25) is 0 Å². The van der Waals surface area contributed by atoms with Gasteiger partial charge in [-0.15, -0.1) is 12.4 Å². The Morgan fingerprint density at radius 2 is 1.83 bits per heavy atom. The van der Waals surface area contributed by atoms with Crippen LogP contribution in [0.1, 0.15) is 34.3 Å². The Balaban J connectivity index is 0.00000300. The van der Waals surface area contributed by atoms with E-state index in [1.807, 2.05) is 43.3 Å². The number of carbonyl (C=O) groups is 2. The molecule has 1 atom stereocenters. The fourth-order valence-corrected chi connectivity index (χ4v) is 3.26. The second-order valence-electron chi connectivity index (χ2n) is 7.21. The topological polar surface area (TPSA) is 93.5 Å². The van der Waals surface area contributed by atoms with Crippen LogP contribution in [-0.2, 0) is 16.1 Å². The number of benzene rings is 2. The van der Waals surface area contributed by atoms with Gasteiger partial charge in [0.1, 0.15) is 0 Å². The standard InChI is InChI=1S/C22H27N3O3.ClH/c1-15-5-7-18(8-6-15)21(26)25-19-4-2-3-16(13-19)14-24-22(27)20(23)17-9-11-28-12-10-17;/h2-8,13,17,20H,9-12,14,23H2,1H3,(H,24,27)(H,25,26);1H. The molecule has 1 aliphatic rings. The first kappa shape index (κ1) is 22.9. The normalized spacial score (nSPS) is 15.1. The van der Waals surface area contributed by atoms with Gasteiger partial charge in [-0.05, 0) is 55.5 Å². The maximum atomic E-state index is 12.4. The van der Waals surface area contributed by atoms with E-state index in [2.05, 4.69) is 10.6 Å². The van der Waals surface area contributed by atoms with Gasteiger partial charge in [0.05, 0.1) is 6.04 Å². The first-order valence-electron chi connectivity index (χ1n) is 9.61. The lowest BCUT2D eigenvalue weighted by Crippen LogP contribution is -2.46. The highest BCUT2D eigenvalue weighted by Gasteiger charge is 2.26. The van der Waals surface area contributed by atoms with E-state index < -0.39 is 6.04 Å². The molecule has 0 bridgehead atoms. The number of amides is 2. The zero-order valence-electron chi connectivity index (χ0n) is 16.5. The summed E-state index contributed by atoms with van der Waals surface area (Å²) in [5.41, 5.74) is 9.39. The van der Waals surface area contributed by atoms with Crippen LogP contribution >= 0.6 is 12.4 Å². The highest BCUT2D eigenvalue weighted by atomic mass is 35.5. The van der Waals surface area contributed by atoms with Crippen molar-refractivity contribution in [2.75, 3.05) is 18.5 Å². The third-order valence-electron chi connectivity index (χ3n) is 5.04. The third-order valence-corrected chi connectivity index (χ3v) is 5.04. The average molecular weight is 418 g/mol. The predicted octanol–water partition coefficient (Wildman–Crippen LogP) is 3.04. The van der Waals surface area contributed by atoms with Crippen LogP contribution < -0.4 is 16.4 Å². The van der Waals surface area contributed by atoms with Crippen molar-refractivity contribution in [1.29, 1.82) is 0 Å². The van der Waals surface area contributed by atoms with Crippen LogP contribution in [0.3, 0.4) is 0 Å². The van der Waals surface area contributed by atoms with Gasteiger partial charge in [0.25, 0.3) is 5.91 Å². The third kappa shape index (κ3) is 6.56. The molecular formula is C22H28ClN3O3. The van der Waals surface area contributed by atoms with Gasteiger partial charge < -0.3 is 21.1 Å². The fourth-order valence-electron chi connectivity index (χ4n) is 3.26. The number of hydrogen-bond donors (Lipinski definition) is 3. The van der Waals surface area contributed by atoms with Crippen molar-refractivity contribution in [3.05, 3.63) is 65.2 Å². The summed E-state index contributed by atoms with van der Waals surface area (Å²) in [6.07, 6.45) is 1.63. The van der Waals surface area contributed by atoms with Crippen LogP contribution in [0.25, 0.3) is 0 Å². The predicted molar refractivity (Wildman–Crippen MR) is 116 cm³/mol. The van der Waals surface area contributed by atoms with E-state index in [1.54, 1.807) is 12.1 Å². The summed E-state index contributed by atoms with van der Waals surface area (Å²) in [7, 11) is 0. The molecule has 0 saturated carbocycles. The lowest BCUT2D eigenvalue weighted by molar-refractivity contribution is -0.124. The number of aryl methyl sites for hydroxylation is 1. The lowest BCUT2D eigenvalue weighted by Gasteiger charge is -2.26. The molecule has 1 fully saturated rings. The van der Waals surface area contributed by atoms with E-state index in [1.165, 1.54) is 0 Å². The molecular weight excluding hydrogens is 390 g/mol. The second-order valence-corrected chi connectivity index (χ2v) is 7.21. The Labute approximate surface area is 177 Å². The molecule has 6 nitrogen and oxygen atoms in total. The van der Waals surface area contributed by atoms with Crippen LogP contribution in [0.5, 0.6) is 0 Å². The molecule has 0 aromatic heterocycles. The van der Waals surface area contributed by atoms with Crippen molar-refractivity contribution >= 4 is 29.9 Å². The molecule has 2 amide bonds. The number of nitrogens with one attached hydrogen (secondary N) is 2. The van der Waals surface area contributed by atoms with Crippen LogP contribution in [0.15, 0.2) is 48.5 Å². The minimum Gasteiger partial charge on any atom is -0.381 e. The molecule has 0 spiro atoms. The quantitative estimate of drug-likeness (QED) is 0.673. The minimum absolute atomic E-state index is 0. The number of ether oxygens (including phenoxy) is 1. The number of anilines is 1. The fraction of sp³-hybridized carbons (Fsp3) is 0.364. The molecule has 1 unspecified atom stereocenters. The van der Waals surface area contributed by atoms with Gasteiger partial charge in [-0.1, -0.05) is 29.8 Å². The van der Waals surface area contributed by atoms with E-state index in [0.29, 0.717) is 31.0 Å². The number of rotatable bonds is 6. The molecule has 0 radical (unpaired) electrons. The highest BCUT2D eigenvalue weighted by molar-refractivity contribution is 6.04. The Hall–Kier alpha value is -2.41. The SMILES string of the molecule is Cc1ccc(C(=O)Nc2cccc(CNC(=O)C(N)C3CCOCC3)c2)cc1.Cl. The van der Waals surface area contributed by atoms with Crippen molar-refractivity contribution < 1.29 is 14.3 Å². The van der Waals surface area contributed by atoms with E-state index in [9.17, 15) is 9.59 Å². The van der Waals surface area contributed by atoms with E-state index in [0.717, 1.165) is 24.0 Å². The number of hydrogen-bond acceptors (Lipinski definition) is 4. The number of halogens is 1. The van der Waals surface area contributed by atoms with Crippen LogP contribution in [0.4, 0.5) is 5.69 Å². The zero-order chi connectivity index (χ0) is 19.9. The van der Waals surface area contributed by atoms with Crippen molar-refractivity contribution in [1.82, 2.24) is 5.32 Å². The summed E-state index contributed by atoms with van der Waals surface area (Å²) in [5.74, 6) is -0.155. The number of carbonyl (C=O) groups excluding carboxylic acids is 2. The van der Waals surface area contributed by atoms with Gasteiger partial charge in [0.2, 0.25) is 5.91 Å². The summed E-state index contributed by atoms with van der Waals surface area (Å²) in [4.78, 5) is 24.7. The maximum Gasteiger partial charge on any atom is 0.255 e. The van der Waals surface area contributed by atoms with Gasteiger partial charge in [-0.25, -0.2) is 0 Å². The molecule has 2 aromatic rings. The van der Waals surface area contributed by atoms with Gasteiger partial charge in [-0.3, -0.25) is 9.59 Å². The first-order chi connectivity index (χ1) is 13.5. The molecule has 156 valence electrons. The van der Waals surface area contributed by atoms with Gasteiger partial charge in [0.15, 0.2) is 0 Å². The largest absolute Gasteiger partial charge is 0.381 e. The smallest absolute Gasteiger partial charge is 0.255 e. The van der Waals surface area contributed by atoms with Gasteiger partial charge in [0, 0.05) is 31.0 Å². The van der Waals surface area contributed by atoms with Crippen molar-refractivity contribution in [3.8, 4) is 0 Å². The molecule has 7 heteroatoms. The molecule has 0 aliphatic carbocycles. The number of nitrogens with two attached hydrogens (primary N) is 1. The molecule has 1 aliphatic heterocycles. The Kier molecular flexibility index (Phi) is 8.64. The maximum absolute atomic E-state index is 12.4. The lowest BCUT2D eigenvalue weighted by atomic mass is 9.92. The monoisotopic (exact) mass is 417 g/mol. The van der Waals surface area contributed by atoms with Gasteiger partial charge >= 0.3 is 0 Å². The molecule has 1 heterocycles. The molecule has 4 N–H and O–H groups in total. The van der Waals surface area contributed by atoms with Crippen molar-refractivity contribution in [2.45, 2.75) is 32.4 Å². The van der Waals surface area contributed by atoms with Crippen LogP contribution in [-0.4, -0.2) is 31.1 Å². The highest BCUT2D eigenvalue weighted by Crippen LogP contribution is 2.18. The van der Waals surface area contributed by atoms with Crippen molar-refractivity contribution in [3.63, 3.8) is 0 Å². The van der Waals surface area contributed by atoms with Crippen LogP contribution in [0, 0.1) is 12.8 Å². The summed E-state index contributed by atoms with van der Waals surface area (Å²) < 4.78 is 5.32. The van der Waals surface area contributed by atoms with Crippen molar-refractivity contribution in [2.24, 2.45) is 11.7 Å². The second kappa shape index (κ2) is 11.0. The average Bonchev–Trinajstić information content (AvgIpc) is 2.73. The Morgan fingerprint density at radius 1 is 1.14 bits per heavy atom. The molecule has 1 saturated heterocycles. The molecule has 3 rings (SSSR count).